The largest absolute Gasteiger partial charge is 0.369 e. The average molecular weight is 607 g/mol. The predicted molar refractivity (Wildman–Crippen MR) is 146 cm³/mol. The summed E-state index contributed by atoms with van der Waals surface area (Å²) < 4.78 is 42.5. The lowest BCUT2D eigenvalue weighted by Gasteiger charge is -2.35. The van der Waals surface area contributed by atoms with Crippen molar-refractivity contribution in [3.63, 3.8) is 0 Å². The van der Waals surface area contributed by atoms with Crippen LogP contribution in [0.3, 0.4) is 0 Å². The summed E-state index contributed by atoms with van der Waals surface area (Å²) in [4.78, 5) is 17.4. The molecule has 0 aliphatic carbocycles. The van der Waals surface area contributed by atoms with E-state index in [0.29, 0.717) is 43.3 Å². The van der Waals surface area contributed by atoms with E-state index in [4.69, 9.17) is 11.6 Å². The van der Waals surface area contributed by atoms with E-state index in [1.165, 1.54) is 28.6 Å². The number of carbonyl (C=O) groups is 1. The number of likely N-dealkylation sites (tertiary alicyclic amines) is 1. The van der Waals surface area contributed by atoms with Crippen LogP contribution in [0.2, 0.25) is 5.02 Å². The molecule has 194 valence electrons. The lowest BCUT2D eigenvalue weighted by atomic mass is 10.0. The van der Waals surface area contributed by atoms with E-state index in [-0.39, 0.29) is 22.7 Å². The molecule has 0 aromatic heterocycles. The Morgan fingerprint density at radius 2 is 1.68 bits per heavy atom. The molecule has 3 aromatic carbocycles. The van der Waals surface area contributed by atoms with Crippen molar-refractivity contribution in [2.45, 2.75) is 23.8 Å². The minimum atomic E-state index is -3.78. The minimum Gasteiger partial charge on any atom is -0.369 e. The number of rotatable bonds is 5. The zero-order chi connectivity index (χ0) is 26.2. The third-order valence-electron chi connectivity index (χ3n) is 6.98. The highest BCUT2D eigenvalue weighted by atomic mass is 79.9. The first-order chi connectivity index (χ1) is 17.7. The third kappa shape index (κ3) is 5.41. The number of nitrogens with zero attached hydrogens (tertiary/aromatic N) is 3. The highest BCUT2D eigenvalue weighted by Crippen LogP contribution is 2.38. The maximum atomic E-state index is 13.5. The smallest absolute Gasteiger partial charge is 0.254 e. The molecule has 2 saturated heterocycles. The van der Waals surface area contributed by atoms with Crippen LogP contribution in [0.15, 0.2) is 76.1 Å². The molecule has 2 heterocycles. The maximum absolute atomic E-state index is 13.5. The Morgan fingerprint density at radius 3 is 2.41 bits per heavy atom. The van der Waals surface area contributed by atoms with Crippen LogP contribution in [0.4, 0.5) is 10.1 Å². The number of hydrogen-bond donors (Lipinski definition) is 0. The second kappa shape index (κ2) is 10.7. The molecule has 3 aromatic rings. The summed E-state index contributed by atoms with van der Waals surface area (Å²) in [5.41, 5.74) is 2.07. The van der Waals surface area contributed by atoms with Crippen molar-refractivity contribution < 1.29 is 17.6 Å². The van der Waals surface area contributed by atoms with E-state index >= 15 is 0 Å². The lowest BCUT2D eigenvalue weighted by Crippen LogP contribution is -2.48. The fourth-order valence-corrected chi connectivity index (χ4v) is 7.14. The van der Waals surface area contributed by atoms with Gasteiger partial charge < -0.3 is 9.80 Å². The first kappa shape index (κ1) is 26.2. The van der Waals surface area contributed by atoms with Gasteiger partial charge in [-0.1, -0.05) is 33.6 Å². The van der Waals surface area contributed by atoms with Crippen molar-refractivity contribution in [1.82, 2.24) is 9.21 Å². The number of halogens is 3. The van der Waals surface area contributed by atoms with Crippen LogP contribution in [-0.4, -0.2) is 56.3 Å². The van der Waals surface area contributed by atoms with Gasteiger partial charge in [-0.2, -0.15) is 4.31 Å². The minimum absolute atomic E-state index is 0.102. The van der Waals surface area contributed by atoms with Crippen LogP contribution in [0.25, 0.3) is 0 Å². The summed E-state index contributed by atoms with van der Waals surface area (Å²) >= 11 is 9.94. The van der Waals surface area contributed by atoms with Gasteiger partial charge in [0.25, 0.3) is 5.91 Å². The van der Waals surface area contributed by atoms with Crippen LogP contribution < -0.4 is 4.90 Å². The highest BCUT2D eigenvalue weighted by Gasteiger charge is 2.33. The monoisotopic (exact) mass is 605 g/mol. The van der Waals surface area contributed by atoms with Crippen molar-refractivity contribution >= 4 is 49.1 Å². The van der Waals surface area contributed by atoms with E-state index in [0.717, 1.165) is 28.6 Å². The predicted octanol–water partition coefficient (Wildman–Crippen LogP) is 5.73. The van der Waals surface area contributed by atoms with Crippen LogP contribution in [0.5, 0.6) is 0 Å². The molecule has 2 aliphatic rings. The zero-order valence-corrected chi connectivity index (χ0v) is 23.1. The van der Waals surface area contributed by atoms with E-state index in [2.05, 4.69) is 15.9 Å². The zero-order valence-electron chi connectivity index (χ0n) is 20.0. The fraction of sp³-hybridized carbons (Fsp3) is 0.296. The van der Waals surface area contributed by atoms with Crippen LogP contribution >= 0.6 is 27.5 Å². The Bertz CT molecular complexity index is 1410. The summed E-state index contributed by atoms with van der Waals surface area (Å²) in [5, 5.41) is 0.601. The van der Waals surface area contributed by atoms with Gasteiger partial charge in [0, 0.05) is 53.5 Å². The van der Waals surface area contributed by atoms with Crippen LogP contribution in [-0.2, 0) is 10.0 Å². The maximum Gasteiger partial charge on any atom is 0.254 e. The summed E-state index contributed by atoms with van der Waals surface area (Å²) in [6.07, 6.45) is 1.63. The highest BCUT2D eigenvalue weighted by molar-refractivity contribution is 9.10. The first-order valence-corrected chi connectivity index (χ1v) is 14.7. The standard InChI is InChI=1S/C27H26BrClFN3O3S/c28-20-6-11-25(29)24(18-20)26-5-2-12-33(26)27(34)19-3-1-4-23(17-19)37(35,36)32-15-13-31(14-16-32)22-9-7-21(30)8-10-22/h1,3-4,6-11,17-18,26H,2,5,12-16H2. The lowest BCUT2D eigenvalue weighted by molar-refractivity contribution is 0.0735. The number of sulfonamides is 1. The molecule has 0 saturated carbocycles. The van der Waals surface area contributed by atoms with Crippen LogP contribution in [0, 0.1) is 5.82 Å². The second-order valence-corrected chi connectivity index (χ2v) is 12.5. The Balaban J connectivity index is 1.32. The molecule has 1 amide bonds. The van der Waals surface area contributed by atoms with E-state index < -0.39 is 10.0 Å². The van der Waals surface area contributed by atoms with Gasteiger partial charge in [0.05, 0.1) is 10.9 Å². The van der Waals surface area contributed by atoms with E-state index in [1.54, 1.807) is 29.2 Å². The van der Waals surface area contributed by atoms with Gasteiger partial charge in [0.2, 0.25) is 10.0 Å². The van der Waals surface area contributed by atoms with Crippen molar-refractivity contribution in [3.8, 4) is 0 Å². The Hall–Kier alpha value is -2.46. The summed E-state index contributed by atoms with van der Waals surface area (Å²) in [6, 6.07) is 17.9. The number of piperazine rings is 1. The molecule has 6 nitrogen and oxygen atoms in total. The first-order valence-electron chi connectivity index (χ1n) is 12.1. The van der Waals surface area contributed by atoms with Crippen LogP contribution in [0.1, 0.15) is 34.8 Å². The van der Waals surface area contributed by atoms with Crippen molar-refractivity contribution in [1.29, 1.82) is 0 Å². The topological polar surface area (TPSA) is 60.9 Å². The number of benzene rings is 3. The Kier molecular flexibility index (Phi) is 7.58. The molecule has 0 bridgehead atoms. The van der Waals surface area contributed by atoms with Gasteiger partial charge in [0.15, 0.2) is 0 Å². The van der Waals surface area contributed by atoms with E-state index in [9.17, 15) is 17.6 Å². The summed E-state index contributed by atoms with van der Waals surface area (Å²) in [7, 11) is -3.78. The molecule has 0 radical (unpaired) electrons. The second-order valence-electron chi connectivity index (χ2n) is 9.22. The number of hydrogen-bond acceptors (Lipinski definition) is 4. The molecule has 10 heteroatoms. The SMILES string of the molecule is O=C(c1cccc(S(=O)(=O)N2CCN(c3ccc(F)cc3)CC2)c1)N1CCCC1c1cc(Br)ccc1Cl. The van der Waals surface area contributed by atoms with Crippen molar-refractivity contribution in [3.05, 3.63) is 93.2 Å². The quantitative estimate of drug-likeness (QED) is 0.372. The van der Waals surface area contributed by atoms with Gasteiger partial charge >= 0.3 is 0 Å². The molecule has 2 aliphatic heterocycles. The normalized spacial score (nSPS) is 18.8. The molecule has 2 fully saturated rings. The van der Waals surface area contributed by atoms with Crippen molar-refractivity contribution in [2.75, 3.05) is 37.6 Å². The van der Waals surface area contributed by atoms with E-state index in [1.807, 2.05) is 23.1 Å². The van der Waals surface area contributed by atoms with Gasteiger partial charge in [0.1, 0.15) is 5.82 Å². The molecular weight excluding hydrogens is 581 g/mol. The Morgan fingerprint density at radius 1 is 0.946 bits per heavy atom. The molecule has 5 rings (SSSR count). The van der Waals surface area contributed by atoms with Gasteiger partial charge in [-0.25, -0.2) is 12.8 Å². The van der Waals surface area contributed by atoms with Gasteiger partial charge in [-0.15, -0.1) is 0 Å². The summed E-state index contributed by atoms with van der Waals surface area (Å²) in [6.45, 7) is 2.16. The molecule has 1 unspecified atom stereocenters. The summed E-state index contributed by atoms with van der Waals surface area (Å²) in [5.74, 6) is -0.517. The van der Waals surface area contributed by atoms with Crippen molar-refractivity contribution in [2.24, 2.45) is 0 Å². The Labute approximate surface area is 229 Å². The van der Waals surface area contributed by atoms with Gasteiger partial charge in [-0.3, -0.25) is 4.79 Å². The molecular formula is C27H26BrClFN3O3S. The third-order valence-corrected chi connectivity index (χ3v) is 9.71. The van der Waals surface area contributed by atoms with Gasteiger partial charge in [-0.05, 0) is 79.1 Å². The molecule has 0 spiro atoms. The number of amides is 1. The molecule has 37 heavy (non-hydrogen) atoms. The molecule has 1 atom stereocenters. The number of anilines is 1. The fourth-order valence-electron chi connectivity index (χ4n) is 5.05. The average Bonchev–Trinajstić information content (AvgIpc) is 3.40. The molecule has 0 N–H and O–H groups in total. The number of carbonyl (C=O) groups excluding carboxylic acids is 1.